The fourth-order valence-electron chi connectivity index (χ4n) is 2.42. The van der Waals surface area contributed by atoms with E-state index in [0.717, 1.165) is 11.1 Å². The average Bonchev–Trinajstić information content (AvgIpc) is 2.41. The van der Waals surface area contributed by atoms with Crippen LogP contribution >= 0.6 is 0 Å². The van der Waals surface area contributed by atoms with Crippen LogP contribution < -0.4 is 4.74 Å². The van der Waals surface area contributed by atoms with Crippen LogP contribution in [0.4, 0.5) is 0 Å². The summed E-state index contributed by atoms with van der Waals surface area (Å²) in [6.07, 6.45) is 0.580. The zero-order valence-electron chi connectivity index (χ0n) is 10.5. The van der Waals surface area contributed by atoms with Crippen LogP contribution in [0.3, 0.4) is 0 Å². The number of hydrogen-bond acceptors (Lipinski definition) is 3. The maximum atomic E-state index is 12.5. The Bertz CT molecular complexity index is 705. The van der Waals surface area contributed by atoms with Crippen LogP contribution in [0.15, 0.2) is 53.4 Å². The SMILES string of the molecule is COc1ccc2c(c1)C(S(=O)(=O)c1ccccc1)C2. The second-order valence-electron chi connectivity index (χ2n) is 4.62. The van der Waals surface area contributed by atoms with Crippen molar-refractivity contribution in [2.45, 2.75) is 16.6 Å². The summed E-state index contributed by atoms with van der Waals surface area (Å²) in [6.45, 7) is 0. The van der Waals surface area contributed by atoms with Gasteiger partial charge in [-0.2, -0.15) is 0 Å². The Morgan fingerprint density at radius 3 is 2.53 bits per heavy atom. The molecular weight excluding hydrogens is 260 g/mol. The quantitative estimate of drug-likeness (QED) is 0.864. The minimum absolute atomic E-state index is 0.383. The van der Waals surface area contributed by atoms with Gasteiger partial charge < -0.3 is 4.74 Å². The Labute approximate surface area is 112 Å². The highest BCUT2D eigenvalue weighted by Crippen LogP contribution is 2.43. The van der Waals surface area contributed by atoms with Crippen molar-refractivity contribution in [1.29, 1.82) is 0 Å². The van der Waals surface area contributed by atoms with Crippen molar-refractivity contribution in [2.75, 3.05) is 7.11 Å². The molecule has 0 amide bonds. The molecule has 98 valence electrons. The molecule has 3 nitrogen and oxygen atoms in total. The minimum Gasteiger partial charge on any atom is -0.497 e. The van der Waals surface area contributed by atoms with Gasteiger partial charge in [0.05, 0.1) is 17.3 Å². The Kier molecular flexibility index (Phi) is 2.82. The summed E-state index contributed by atoms with van der Waals surface area (Å²) in [5.41, 5.74) is 1.95. The van der Waals surface area contributed by atoms with Crippen LogP contribution in [-0.4, -0.2) is 15.5 Å². The summed E-state index contributed by atoms with van der Waals surface area (Å²) >= 11 is 0. The van der Waals surface area contributed by atoms with Gasteiger partial charge in [0, 0.05) is 0 Å². The van der Waals surface area contributed by atoms with Crippen molar-refractivity contribution in [3.63, 3.8) is 0 Å². The topological polar surface area (TPSA) is 43.4 Å². The second kappa shape index (κ2) is 4.38. The summed E-state index contributed by atoms with van der Waals surface area (Å²) in [4.78, 5) is 0.383. The molecule has 1 unspecified atom stereocenters. The first-order chi connectivity index (χ1) is 9.13. The minimum atomic E-state index is -3.30. The molecule has 0 bridgehead atoms. The van der Waals surface area contributed by atoms with Gasteiger partial charge in [-0.15, -0.1) is 0 Å². The molecule has 0 radical (unpaired) electrons. The van der Waals surface area contributed by atoms with E-state index in [2.05, 4.69) is 0 Å². The molecule has 4 heteroatoms. The van der Waals surface area contributed by atoms with Crippen LogP contribution in [-0.2, 0) is 16.3 Å². The third-order valence-electron chi connectivity index (χ3n) is 3.55. The molecule has 1 aliphatic carbocycles. The van der Waals surface area contributed by atoms with E-state index in [1.807, 2.05) is 24.3 Å². The average molecular weight is 274 g/mol. The number of rotatable bonds is 3. The molecule has 1 aliphatic rings. The molecule has 2 aromatic rings. The summed E-state index contributed by atoms with van der Waals surface area (Å²) < 4.78 is 30.2. The van der Waals surface area contributed by atoms with E-state index in [1.54, 1.807) is 31.4 Å². The Hall–Kier alpha value is -1.81. The van der Waals surface area contributed by atoms with E-state index >= 15 is 0 Å². The van der Waals surface area contributed by atoms with Crippen LogP contribution in [0.25, 0.3) is 0 Å². The smallest absolute Gasteiger partial charge is 0.185 e. The Morgan fingerprint density at radius 1 is 1.11 bits per heavy atom. The van der Waals surface area contributed by atoms with E-state index in [0.29, 0.717) is 17.1 Å². The number of hydrogen-bond donors (Lipinski definition) is 0. The Balaban J connectivity index is 2.01. The van der Waals surface area contributed by atoms with Gasteiger partial charge in [-0.1, -0.05) is 24.3 Å². The molecular formula is C15H14O3S. The summed E-state index contributed by atoms with van der Waals surface area (Å²) in [5.74, 6) is 0.701. The van der Waals surface area contributed by atoms with Gasteiger partial charge in [0.15, 0.2) is 9.84 Å². The number of benzene rings is 2. The van der Waals surface area contributed by atoms with E-state index in [9.17, 15) is 8.42 Å². The lowest BCUT2D eigenvalue weighted by Crippen LogP contribution is -2.25. The first kappa shape index (κ1) is 12.2. The van der Waals surface area contributed by atoms with E-state index in [4.69, 9.17) is 4.74 Å². The Morgan fingerprint density at radius 2 is 1.84 bits per heavy atom. The number of sulfone groups is 1. The second-order valence-corrected chi connectivity index (χ2v) is 6.75. The third-order valence-corrected chi connectivity index (χ3v) is 5.65. The van der Waals surface area contributed by atoms with Crippen molar-refractivity contribution in [3.05, 3.63) is 59.7 Å². The highest BCUT2D eigenvalue weighted by atomic mass is 32.2. The molecule has 3 rings (SSSR count). The molecule has 0 spiro atoms. The standard InChI is InChI=1S/C15H14O3S/c1-18-12-8-7-11-9-15(14(11)10-12)19(16,17)13-5-3-2-4-6-13/h2-8,10,15H,9H2,1H3. The van der Waals surface area contributed by atoms with Crippen LogP contribution in [0, 0.1) is 0 Å². The molecule has 0 aliphatic heterocycles. The number of ether oxygens (including phenoxy) is 1. The van der Waals surface area contributed by atoms with Crippen LogP contribution in [0.1, 0.15) is 16.4 Å². The molecule has 0 saturated carbocycles. The number of fused-ring (bicyclic) bond motifs is 1. The molecule has 19 heavy (non-hydrogen) atoms. The number of methoxy groups -OCH3 is 1. The zero-order valence-corrected chi connectivity index (χ0v) is 11.4. The molecule has 0 saturated heterocycles. The van der Waals surface area contributed by atoms with E-state index < -0.39 is 15.1 Å². The lowest BCUT2D eigenvalue weighted by molar-refractivity contribution is 0.413. The first-order valence-corrected chi connectivity index (χ1v) is 7.63. The van der Waals surface area contributed by atoms with E-state index in [1.165, 1.54) is 0 Å². The molecule has 2 aromatic carbocycles. The van der Waals surface area contributed by atoms with Crippen molar-refractivity contribution >= 4 is 9.84 Å². The van der Waals surface area contributed by atoms with Gasteiger partial charge >= 0.3 is 0 Å². The molecule has 0 heterocycles. The van der Waals surface area contributed by atoms with Crippen molar-refractivity contribution in [3.8, 4) is 5.75 Å². The van der Waals surface area contributed by atoms with Crippen molar-refractivity contribution < 1.29 is 13.2 Å². The zero-order chi connectivity index (χ0) is 13.5. The van der Waals surface area contributed by atoms with Gasteiger partial charge in [-0.3, -0.25) is 0 Å². The summed E-state index contributed by atoms with van der Waals surface area (Å²) in [7, 11) is -1.71. The van der Waals surface area contributed by atoms with Gasteiger partial charge in [0.1, 0.15) is 5.75 Å². The van der Waals surface area contributed by atoms with Gasteiger partial charge in [-0.05, 0) is 41.8 Å². The molecule has 1 atom stereocenters. The van der Waals surface area contributed by atoms with Crippen molar-refractivity contribution in [2.24, 2.45) is 0 Å². The predicted molar refractivity (Wildman–Crippen MR) is 73.1 cm³/mol. The summed E-state index contributed by atoms with van der Waals surface area (Å²) in [6, 6.07) is 14.2. The molecule has 0 aromatic heterocycles. The summed E-state index contributed by atoms with van der Waals surface area (Å²) in [5, 5.41) is -0.444. The lowest BCUT2D eigenvalue weighted by Gasteiger charge is -2.30. The maximum Gasteiger partial charge on any atom is 0.185 e. The highest BCUT2D eigenvalue weighted by Gasteiger charge is 2.38. The van der Waals surface area contributed by atoms with Gasteiger partial charge in [0.2, 0.25) is 0 Å². The van der Waals surface area contributed by atoms with Crippen LogP contribution in [0.5, 0.6) is 5.75 Å². The van der Waals surface area contributed by atoms with Gasteiger partial charge in [0.25, 0.3) is 0 Å². The lowest BCUT2D eigenvalue weighted by atomic mass is 9.88. The van der Waals surface area contributed by atoms with Gasteiger partial charge in [-0.25, -0.2) is 8.42 Å². The highest BCUT2D eigenvalue weighted by molar-refractivity contribution is 7.91. The fraction of sp³-hybridized carbons (Fsp3) is 0.200. The third kappa shape index (κ3) is 1.92. The monoisotopic (exact) mass is 274 g/mol. The van der Waals surface area contributed by atoms with Crippen LogP contribution in [0.2, 0.25) is 0 Å². The normalized spacial score (nSPS) is 17.4. The molecule has 0 fully saturated rings. The predicted octanol–water partition coefficient (Wildman–Crippen LogP) is 2.77. The first-order valence-electron chi connectivity index (χ1n) is 6.08. The molecule has 0 N–H and O–H groups in total. The largest absolute Gasteiger partial charge is 0.497 e. The maximum absolute atomic E-state index is 12.5. The van der Waals surface area contributed by atoms with Crippen molar-refractivity contribution in [1.82, 2.24) is 0 Å². The fourth-order valence-corrected chi connectivity index (χ4v) is 4.23. The van der Waals surface area contributed by atoms with E-state index in [-0.39, 0.29) is 0 Å².